The molecule has 0 bridgehead atoms. The molecule has 1 atom stereocenters. The van der Waals surface area contributed by atoms with Gasteiger partial charge in [0.2, 0.25) is 0 Å². The van der Waals surface area contributed by atoms with Crippen molar-refractivity contribution in [1.29, 1.82) is 0 Å². The molecule has 1 aliphatic heterocycles. The molecule has 0 unspecified atom stereocenters. The normalized spacial score (nSPS) is 24.3. The maximum Gasteiger partial charge on any atom is -0.000798 e. The summed E-state index contributed by atoms with van der Waals surface area (Å²) in [6, 6.07) is 0. The molecule has 1 fully saturated rings. The van der Waals surface area contributed by atoms with Crippen LogP contribution in [0.4, 0.5) is 0 Å². The third-order valence-electron chi connectivity index (χ3n) is 1.50. The van der Waals surface area contributed by atoms with Gasteiger partial charge in [-0.05, 0) is 32.0 Å². The molecule has 0 radical (unpaired) electrons. The summed E-state index contributed by atoms with van der Waals surface area (Å²) in [5.74, 6) is 0.764. The Morgan fingerprint density at radius 2 is 2.11 bits per heavy atom. The van der Waals surface area contributed by atoms with E-state index in [4.69, 9.17) is 5.73 Å². The minimum atomic E-state index is 0. The van der Waals surface area contributed by atoms with Gasteiger partial charge in [0.15, 0.2) is 0 Å². The minimum absolute atomic E-state index is 0. The second-order valence-electron chi connectivity index (χ2n) is 2.09. The van der Waals surface area contributed by atoms with Crippen molar-refractivity contribution in [1.82, 2.24) is 5.32 Å². The number of nitrogens with one attached hydrogen (secondary N) is 1. The van der Waals surface area contributed by atoms with E-state index in [1.54, 1.807) is 0 Å². The van der Waals surface area contributed by atoms with Crippen molar-refractivity contribution in [2.24, 2.45) is 11.7 Å². The van der Waals surface area contributed by atoms with E-state index < -0.39 is 0 Å². The van der Waals surface area contributed by atoms with E-state index in [0.717, 1.165) is 19.0 Å². The molecule has 0 aliphatic carbocycles. The molecule has 4 heteroatoms. The Bertz CT molecular complexity index is 54.9. The molecule has 58 valence electrons. The maximum atomic E-state index is 5.39. The van der Waals surface area contributed by atoms with Crippen molar-refractivity contribution >= 4 is 24.8 Å². The quantitative estimate of drug-likeness (QED) is 0.602. The summed E-state index contributed by atoms with van der Waals surface area (Å²) in [6.07, 6.45) is 1.27. The van der Waals surface area contributed by atoms with E-state index in [1.807, 2.05) is 0 Å². The van der Waals surface area contributed by atoms with Gasteiger partial charge in [-0.25, -0.2) is 0 Å². The molecule has 0 aromatic rings. The number of hydrogen-bond donors (Lipinski definition) is 2. The van der Waals surface area contributed by atoms with Crippen LogP contribution in [0.3, 0.4) is 0 Å². The third-order valence-corrected chi connectivity index (χ3v) is 1.50. The molecule has 1 saturated heterocycles. The first kappa shape index (κ1) is 12.2. The smallest absolute Gasteiger partial charge is 0.000798 e. The van der Waals surface area contributed by atoms with Crippen molar-refractivity contribution in [2.45, 2.75) is 6.42 Å². The highest BCUT2D eigenvalue weighted by Crippen LogP contribution is 2.02. The fourth-order valence-electron chi connectivity index (χ4n) is 0.916. The lowest BCUT2D eigenvalue weighted by Gasteiger charge is -1.98. The van der Waals surface area contributed by atoms with Crippen LogP contribution in [0.5, 0.6) is 0 Å². The Balaban J connectivity index is 0. The number of rotatable bonds is 1. The minimum Gasteiger partial charge on any atom is -0.330 e. The topological polar surface area (TPSA) is 38.0 Å². The Morgan fingerprint density at radius 3 is 2.33 bits per heavy atom. The van der Waals surface area contributed by atoms with Crippen LogP contribution in [0.1, 0.15) is 6.42 Å². The third kappa shape index (κ3) is 3.98. The number of hydrogen-bond acceptors (Lipinski definition) is 2. The zero-order valence-corrected chi connectivity index (χ0v) is 6.93. The van der Waals surface area contributed by atoms with Crippen molar-refractivity contribution in [2.75, 3.05) is 19.6 Å². The fourth-order valence-corrected chi connectivity index (χ4v) is 0.916. The lowest BCUT2D eigenvalue weighted by atomic mass is 10.1. The van der Waals surface area contributed by atoms with Gasteiger partial charge in [-0.3, -0.25) is 0 Å². The van der Waals surface area contributed by atoms with Crippen LogP contribution >= 0.6 is 24.8 Å². The van der Waals surface area contributed by atoms with Crippen LogP contribution in [0.15, 0.2) is 0 Å². The molecular formula is C5H14Cl2N2. The molecule has 0 saturated carbocycles. The lowest BCUT2D eigenvalue weighted by Crippen LogP contribution is -2.16. The SMILES string of the molecule is Cl.Cl.NC[C@@H]1CCNC1. The van der Waals surface area contributed by atoms with Crippen LogP contribution in [0.25, 0.3) is 0 Å². The molecule has 0 spiro atoms. The van der Waals surface area contributed by atoms with Gasteiger partial charge in [0.25, 0.3) is 0 Å². The first-order valence-corrected chi connectivity index (χ1v) is 2.84. The molecule has 0 aromatic heterocycles. The van der Waals surface area contributed by atoms with Gasteiger partial charge in [-0.15, -0.1) is 24.8 Å². The highest BCUT2D eigenvalue weighted by atomic mass is 35.5. The standard InChI is InChI=1S/C5H12N2.2ClH/c6-3-5-1-2-7-4-5;;/h5,7H,1-4,6H2;2*1H/t5-;;/m0../s1. The highest BCUT2D eigenvalue weighted by Gasteiger charge is 2.10. The van der Waals surface area contributed by atoms with Gasteiger partial charge in [0, 0.05) is 0 Å². The zero-order chi connectivity index (χ0) is 5.11. The Kier molecular flexibility index (Phi) is 8.97. The molecule has 2 nitrogen and oxygen atoms in total. The van der Waals surface area contributed by atoms with Gasteiger partial charge in [0.05, 0.1) is 0 Å². The van der Waals surface area contributed by atoms with Gasteiger partial charge in [0.1, 0.15) is 0 Å². The van der Waals surface area contributed by atoms with E-state index in [2.05, 4.69) is 5.32 Å². The Labute approximate surface area is 68.4 Å². The summed E-state index contributed by atoms with van der Waals surface area (Å²) in [4.78, 5) is 0. The zero-order valence-electron chi connectivity index (χ0n) is 5.30. The van der Waals surface area contributed by atoms with Gasteiger partial charge >= 0.3 is 0 Å². The predicted octanol–water partition coefficient (Wildman–Crippen LogP) is 0.398. The summed E-state index contributed by atoms with van der Waals surface area (Å²) in [6.45, 7) is 3.16. The molecule has 3 N–H and O–H groups in total. The van der Waals surface area contributed by atoms with Crippen LogP contribution in [-0.2, 0) is 0 Å². The van der Waals surface area contributed by atoms with Crippen LogP contribution in [0.2, 0.25) is 0 Å². The monoisotopic (exact) mass is 172 g/mol. The van der Waals surface area contributed by atoms with Crippen molar-refractivity contribution in [3.8, 4) is 0 Å². The fraction of sp³-hybridized carbons (Fsp3) is 1.00. The summed E-state index contributed by atoms with van der Waals surface area (Å²) in [5.41, 5.74) is 5.39. The average Bonchev–Trinajstić information content (AvgIpc) is 2.14. The molecule has 0 aromatic carbocycles. The van der Waals surface area contributed by atoms with Crippen molar-refractivity contribution < 1.29 is 0 Å². The van der Waals surface area contributed by atoms with Crippen LogP contribution < -0.4 is 11.1 Å². The summed E-state index contributed by atoms with van der Waals surface area (Å²) >= 11 is 0. The average molecular weight is 173 g/mol. The highest BCUT2D eigenvalue weighted by molar-refractivity contribution is 5.85. The second kappa shape index (κ2) is 6.62. The summed E-state index contributed by atoms with van der Waals surface area (Å²) in [7, 11) is 0. The van der Waals surface area contributed by atoms with E-state index >= 15 is 0 Å². The largest absolute Gasteiger partial charge is 0.330 e. The van der Waals surface area contributed by atoms with E-state index in [9.17, 15) is 0 Å². The van der Waals surface area contributed by atoms with Gasteiger partial charge in [-0.2, -0.15) is 0 Å². The Hall–Kier alpha value is 0.500. The Morgan fingerprint density at radius 1 is 1.44 bits per heavy atom. The predicted molar refractivity (Wildman–Crippen MR) is 44.5 cm³/mol. The van der Waals surface area contributed by atoms with Gasteiger partial charge in [-0.1, -0.05) is 0 Å². The van der Waals surface area contributed by atoms with Gasteiger partial charge < -0.3 is 11.1 Å². The van der Waals surface area contributed by atoms with E-state index in [1.165, 1.54) is 13.0 Å². The number of nitrogens with two attached hydrogens (primary N) is 1. The molecule has 9 heavy (non-hydrogen) atoms. The molecule has 1 aliphatic rings. The maximum absolute atomic E-state index is 5.39. The van der Waals surface area contributed by atoms with Crippen LogP contribution in [-0.4, -0.2) is 19.6 Å². The molecule has 0 amide bonds. The van der Waals surface area contributed by atoms with Crippen molar-refractivity contribution in [3.63, 3.8) is 0 Å². The summed E-state index contributed by atoms with van der Waals surface area (Å²) in [5, 5.41) is 3.24. The summed E-state index contributed by atoms with van der Waals surface area (Å²) < 4.78 is 0. The van der Waals surface area contributed by atoms with Crippen LogP contribution in [0, 0.1) is 5.92 Å². The first-order chi connectivity index (χ1) is 3.43. The van der Waals surface area contributed by atoms with E-state index in [-0.39, 0.29) is 24.8 Å². The molecular weight excluding hydrogens is 159 g/mol. The first-order valence-electron chi connectivity index (χ1n) is 2.84. The molecule has 1 heterocycles. The second-order valence-corrected chi connectivity index (χ2v) is 2.09. The molecule has 1 rings (SSSR count). The lowest BCUT2D eigenvalue weighted by molar-refractivity contribution is 0.596. The van der Waals surface area contributed by atoms with Crippen molar-refractivity contribution in [3.05, 3.63) is 0 Å². The van der Waals surface area contributed by atoms with E-state index in [0.29, 0.717) is 0 Å². The number of halogens is 2.